The van der Waals surface area contributed by atoms with E-state index in [9.17, 15) is 10.1 Å². The van der Waals surface area contributed by atoms with Crippen molar-refractivity contribution >= 4 is 44.9 Å². The summed E-state index contributed by atoms with van der Waals surface area (Å²) in [6, 6.07) is 24.6. The summed E-state index contributed by atoms with van der Waals surface area (Å²) in [6.45, 7) is 0. The minimum Gasteiger partial charge on any atom is -0.258 e. The predicted octanol–water partition coefficient (Wildman–Crippen LogP) is 6.66. The van der Waals surface area contributed by atoms with Crippen LogP contribution >= 0.6 is 28.3 Å². The molecule has 1 aromatic heterocycles. The monoisotopic (exact) mass is 440 g/mol. The van der Waals surface area contributed by atoms with Crippen LogP contribution in [0, 0.1) is 10.1 Å². The Balaban J connectivity index is 0.00000210. The fourth-order valence-electron chi connectivity index (χ4n) is 2.95. The first-order valence-electron chi connectivity index (χ1n) is 8.02. The van der Waals surface area contributed by atoms with E-state index in [1.165, 1.54) is 6.07 Å². The largest absolute Gasteiger partial charge is 0.270 e. The number of pyridine rings is 1. The second-order valence-corrected chi connectivity index (χ2v) is 6.80. The summed E-state index contributed by atoms with van der Waals surface area (Å²) in [5.74, 6) is 0. The van der Waals surface area contributed by atoms with Crippen molar-refractivity contribution in [3.63, 3.8) is 0 Å². The van der Waals surface area contributed by atoms with Gasteiger partial charge in [-0.2, -0.15) is 0 Å². The molecule has 0 aliphatic carbocycles. The highest BCUT2D eigenvalue weighted by atomic mass is 79.9. The SMILES string of the molecule is Cl.O=[N+]([O-])c1ccc2nc(-c3ccc(Br)cc3)cc(-c3ccccc3)c2c1. The van der Waals surface area contributed by atoms with Crippen molar-refractivity contribution < 1.29 is 4.92 Å². The number of rotatable bonds is 3. The van der Waals surface area contributed by atoms with Crippen LogP contribution in [0.1, 0.15) is 0 Å². The van der Waals surface area contributed by atoms with Crippen LogP contribution in [0.25, 0.3) is 33.3 Å². The highest BCUT2D eigenvalue weighted by Crippen LogP contribution is 2.34. The number of nitrogens with zero attached hydrogens (tertiary/aromatic N) is 2. The molecule has 0 atom stereocenters. The average Bonchev–Trinajstić information content (AvgIpc) is 2.68. The molecule has 0 unspecified atom stereocenters. The fourth-order valence-corrected chi connectivity index (χ4v) is 3.22. The first kappa shape index (κ1) is 19.0. The molecule has 0 radical (unpaired) electrons. The minimum atomic E-state index is -0.378. The van der Waals surface area contributed by atoms with Crippen molar-refractivity contribution in [2.24, 2.45) is 0 Å². The van der Waals surface area contributed by atoms with Crippen molar-refractivity contribution in [1.82, 2.24) is 4.98 Å². The predicted molar refractivity (Wildman–Crippen MR) is 114 cm³/mol. The van der Waals surface area contributed by atoms with Gasteiger partial charge in [0.15, 0.2) is 0 Å². The summed E-state index contributed by atoms with van der Waals surface area (Å²) >= 11 is 3.45. The first-order chi connectivity index (χ1) is 12.6. The molecule has 1 heterocycles. The standard InChI is InChI=1S/C21H13BrN2O2.ClH/c22-16-8-6-15(7-9-16)21-13-18(14-4-2-1-3-5-14)19-12-17(24(25)26)10-11-20(19)23-21;/h1-13H;1H. The van der Waals surface area contributed by atoms with Crippen molar-refractivity contribution in [2.45, 2.75) is 0 Å². The van der Waals surface area contributed by atoms with Crippen LogP contribution in [0.4, 0.5) is 5.69 Å². The molecule has 0 N–H and O–H groups in total. The van der Waals surface area contributed by atoms with Gasteiger partial charge in [-0.05, 0) is 35.4 Å². The van der Waals surface area contributed by atoms with E-state index in [1.54, 1.807) is 12.1 Å². The molecule has 0 spiro atoms. The fraction of sp³-hybridized carbons (Fsp3) is 0. The highest BCUT2D eigenvalue weighted by Gasteiger charge is 2.13. The number of hydrogen-bond donors (Lipinski definition) is 0. The molecule has 0 aliphatic heterocycles. The summed E-state index contributed by atoms with van der Waals surface area (Å²) in [5.41, 5.74) is 4.54. The van der Waals surface area contributed by atoms with Crippen molar-refractivity contribution in [2.75, 3.05) is 0 Å². The molecule has 3 aromatic carbocycles. The van der Waals surface area contributed by atoms with Gasteiger partial charge >= 0.3 is 0 Å². The average molecular weight is 442 g/mol. The normalized spacial score (nSPS) is 10.4. The van der Waals surface area contributed by atoms with E-state index in [-0.39, 0.29) is 23.0 Å². The third-order valence-corrected chi connectivity index (χ3v) is 4.76. The first-order valence-corrected chi connectivity index (χ1v) is 8.82. The molecule has 0 aliphatic rings. The third kappa shape index (κ3) is 3.84. The van der Waals surface area contributed by atoms with Gasteiger partial charge in [-0.25, -0.2) is 4.98 Å². The molecule has 4 nitrogen and oxygen atoms in total. The summed E-state index contributed by atoms with van der Waals surface area (Å²) in [6.07, 6.45) is 0. The summed E-state index contributed by atoms with van der Waals surface area (Å²) < 4.78 is 1.00. The summed E-state index contributed by atoms with van der Waals surface area (Å²) in [4.78, 5) is 15.5. The minimum absolute atomic E-state index is 0. The zero-order valence-corrected chi connectivity index (χ0v) is 16.4. The lowest BCUT2D eigenvalue weighted by atomic mass is 9.98. The van der Waals surface area contributed by atoms with E-state index in [1.807, 2.05) is 60.7 Å². The highest BCUT2D eigenvalue weighted by molar-refractivity contribution is 9.10. The Kier molecular flexibility index (Phi) is 5.54. The molecular weight excluding hydrogens is 428 g/mol. The zero-order valence-electron chi connectivity index (χ0n) is 14.0. The molecule has 134 valence electrons. The van der Waals surface area contributed by atoms with E-state index < -0.39 is 0 Å². The van der Waals surface area contributed by atoms with Crippen LogP contribution in [0.2, 0.25) is 0 Å². The van der Waals surface area contributed by atoms with E-state index >= 15 is 0 Å². The number of nitro benzene ring substituents is 1. The number of non-ortho nitro benzene ring substituents is 1. The lowest BCUT2D eigenvalue weighted by molar-refractivity contribution is -0.384. The van der Waals surface area contributed by atoms with E-state index in [0.717, 1.165) is 37.8 Å². The Morgan fingerprint density at radius 3 is 2.22 bits per heavy atom. The zero-order chi connectivity index (χ0) is 18.1. The number of fused-ring (bicyclic) bond motifs is 1. The van der Waals surface area contributed by atoms with Crippen LogP contribution in [0.5, 0.6) is 0 Å². The Labute approximate surface area is 170 Å². The molecule has 4 aromatic rings. The van der Waals surface area contributed by atoms with Crippen molar-refractivity contribution in [1.29, 1.82) is 0 Å². The smallest absolute Gasteiger partial charge is 0.258 e. The number of hydrogen-bond acceptors (Lipinski definition) is 3. The number of nitro groups is 1. The Morgan fingerprint density at radius 2 is 1.56 bits per heavy atom. The molecule has 0 bridgehead atoms. The van der Waals surface area contributed by atoms with Gasteiger partial charge < -0.3 is 0 Å². The second kappa shape index (κ2) is 7.86. The van der Waals surface area contributed by atoms with Crippen LogP contribution < -0.4 is 0 Å². The maximum Gasteiger partial charge on any atom is 0.270 e. The van der Waals surface area contributed by atoms with Crippen LogP contribution in [-0.4, -0.2) is 9.91 Å². The molecular formula is C21H14BrClN2O2. The maximum absolute atomic E-state index is 11.2. The second-order valence-electron chi connectivity index (χ2n) is 5.89. The topological polar surface area (TPSA) is 56.0 Å². The Bertz CT molecular complexity index is 1120. The molecule has 0 amide bonds. The van der Waals surface area contributed by atoms with E-state index in [0.29, 0.717) is 0 Å². The van der Waals surface area contributed by atoms with Crippen molar-refractivity contribution in [3.8, 4) is 22.4 Å². The quantitative estimate of drug-likeness (QED) is 0.264. The van der Waals surface area contributed by atoms with E-state index in [2.05, 4.69) is 15.9 Å². The third-order valence-electron chi connectivity index (χ3n) is 4.23. The maximum atomic E-state index is 11.2. The van der Waals surface area contributed by atoms with E-state index in [4.69, 9.17) is 4.98 Å². The molecule has 0 saturated heterocycles. The van der Waals surface area contributed by atoms with Crippen molar-refractivity contribution in [3.05, 3.63) is 93.4 Å². The van der Waals surface area contributed by atoms with Gasteiger partial charge in [0.1, 0.15) is 0 Å². The Hall–Kier alpha value is -2.76. The molecule has 0 saturated carbocycles. The lowest BCUT2D eigenvalue weighted by Crippen LogP contribution is -1.92. The van der Waals surface area contributed by atoms with Gasteiger partial charge in [-0.3, -0.25) is 10.1 Å². The van der Waals surface area contributed by atoms with Gasteiger partial charge in [0.05, 0.1) is 16.1 Å². The molecule has 6 heteroatoms. The lowest BCUT2D eigenvalue weighted by Gasteiger charge is -2.10. The molecule has 27 heavy (non-hydrogen) atoms. The number of halogens is 2. The number of benzene rings is 3. The number of aromatic nitrogens is 1. The molecule has 0 fully saturated rings. The van der Waals surface area contributed by atoms with Gasteiger partial charge in [0.25, 0.3) is 5.69 Å². The Morgan fingerprint density at radius 1 is 0.852 bits per heavy atom. The summed E-state index contributed by atoms with van der Waals surface area (Å²) in [7, 11) is 0. The van der Waals surface area contributed by atoms with Gasteiger partial charge in [-0.1, -0.05) is 58.4 Å². The molecule has 4 rings (SSSR count). The van der Waals surface area contributed by atoms with Crippen LogP contribution in [0.15, 0.2) is 83.3 Å². The van der Waals surface area contributed by atoms with Gasteiger partial charge in [0, 0.05) is 27.6 Å². The summed E-state index contributed by atoms with van der Waals surface area (Å²) in [5, 5.41) is 12.0. The van der Waals surface area contributed by atoms with Gasteiger partial charge in [0.2, 0.25) is 0 Å². The van der Waals surface area contributed by atoms with Crippen LogP contribution in [-0.2, 0) is 0 Å². The van der Waals surface area contributed by atoms with Gasteiger partial charge in [-0.15, -0.1) is 12.4 Å². The van der Waals surface area contributed by atoms with Crippen LogP contribution in [0.3, 0.4) is 0 Å².